The topological polar surface area (TPSA) is 75.0 Å². The normalized spacial score (nSPS) is 11.1. The first-order valence-corrected chi connectivity index (χ1v) is 16.9. The van der Waals surface area contributed by atoms with Gasteiger partial charge >= 0.3 is 42.1 Å². The molecule has 0 fully saturated rings. The summed E-state index contributed by atoms with van der Waals surface area (Å²) in [6, 6.07) is 43.2. The Bertz CT molecular complexity index is 2330. The summed E-state index contributed by atoms with van der Waals surface area (Å²) in [4.78, 5) is 18.4. The number of rotatable bonds is 9. The summed E-state index contributed by atoms with van der Waals surface area (Å²) in [6.45, 7) is 8.76. The van der Waals surface area contributed by atoms with E-state index in [-0.39, 0.29) is 54.0 Å². The fourth-order valence-electron chi connectivity index (χ4n) is 6.33. The number of aromatic nitrogens is 5. The minimum absolute atomic E-state index is 0. The van der Waals surface area contributed by atoms with Gasteiger partial charge in [0.1, 0.15) is 0 Å². The second-order valence-electron chi connectivity index (χ2n) is 12.8. The molecule has 0 unspecified atom stereocenters. The van der Waals surface area contributed by atoms with Gasteiger partial charge in [0, 0.05) is 47.8 Å². The standard InChI is InChI=1S/C44H33N5O2.2Pt/c1-28(2)36-24-34(50-32-14-9-12-30(22-32)38-16-5-7-18-45-38)26-40-42(36)43-37(29(3)4)25-35(27-41(43)49(40)44-47-20-11-21-48-44)51-33-15-10-13-31(23-33)39-17-6-8-19-46-39;;/h5-21,24-25,28-29H,1-4H3;;/q-4;2*+2. The van der Waals surface area contributed by atoms with Gasteiger partial charge in [-0.1, -0.05) is 75.1 Å². The molecule has 0 saturated heterocycles. The third-order valence-electron chi connectivity index (χ3n) is 8.66. The Balaban J connectivity index is 0.00000240. The van der Waals surface area contributed by atoms with Crippen molar-refractivity contribution in [3.63, 3.8) is 0 Å². The van der Waals surface area contributed by atoms with E-state index < -0.39 is 0 Å². The fraction of sp³-hybridized carbons (Fsp3) is 0.136. The van der Waals surface area contributed by atoms with Crippen molar-refractivity contribution in [3.8, 4) is 51.5 Å². The summed E-state index contributed by atoms with van der Waals surface area (Å²) < 4.78 is 15.0. The van der Waals surface area contributed by atoms with Crippen LogP contribution < -0.4 is 9.47 Å². The number of fused-ring (bicyclic) bond motifs is 3. The number of pyridine rings is 2. The molecule has 0 saturated carbocycles. The van der Waals surface area contributed by atoms with E-state index in [4.69, 9.17) is 19.4 Å². The predicted molar refractivity (Wildman–Crippen MR) is 199 cm³/mol. The van der Waals surface area contributed by atoms with Crippen LogP contribution in [0.1, 0.15) is 50.7 Å². The molecule has 8 aromatic rings. The second-order valence-corrected chi connectivity index (χ2v) is 12.8. The Labute approximate surface area is 338 Å². The maximum absolute atomic E-state index is 6.52. The van der Waals surface area contributed by atoms with Gasteiger partial charge in [-0.15, -0.1) is 71.8 Å². The molecule has 4 heterocycles. The van der Waals surface area contributed by atoms with Gasteiger partial charge in [0.25, 0.3) is 0 Å². The van der Waals surface area contributed by atoms with E-state index in [1.807, 2.05) is 83.4 Å². The maximum Gasteiger partial charge on any atom is 2.00 e. The Morgan fingerprint density at radius 2 is 0.943 bits per heavy atom. The van der Waals surface area contributed by atoms with E-state index in [9.17, 15) is 0 Å². The largest absolute Gasteiger partial charge is 2.00 e. The van der Waals surface area contributed by atoms with Crippen LogP contribution in [-0.4, -0.2) is 24.5 Å². The summed E-state index contributed by atoms with van der Waals surface area (Å²) >= 11 is 0. The van der Waals surface area contributed by atoms with Gasteiger partial charge in [0.2, 0.25) is 5.95 Å². The van der Waals surface area contributed by atoms with Crippen LogP contribution in [-0.2, 0) is 42.1 Å². The number of hydrogen-bond donors (Lipinski definition) is 0. The zero-order chi connectivity index (χ0) is 34.9. The van der Waals surface area contributed by atoms with Crippen molar-refractivity contribution < 1.29 is 51.6 Å². The van der Waals surface area contributed by atoms with Crippen molar-refractivity contribution in [2.24, 2.45) is 0 Å². The monoisotopic (exact) mass is 1050 g/mol. The Kier molecular flexibility index (Phi) is 11.7. The van der Waals surface area contributed by atoms with Crippen molar-refractivity contribution in [2.75, 3.05) is 0 Å². The molecule has 53 heavy (non-hydrogen) atoms. The van der Waals surface area contributed by atoms with Crippen LogP contribution in [0.5, 0.6) is 23.0 Å². The number of benzene rings is 4. The minimum Gasteiger partial charge on any atom is -0.503 e. The molecular formula is C44H33N5O2Pt2. The fourth-order valence-corrected chi connectivity index (χ4v) is 6.33. The predicted octanol–water partition coefficient (Wildman–Crippen LogP) is 10.7. The molecule has 0 spiro atoms. The molecular weight excluding hydrogens is 1020 g/mol. The molecule has 266 valence electrons. The van der Waals surface area contributed by atoms with E-state index in [0.717, 1.165) is 55.4 Å². The average molecular weight is 1050 g/mol. The van der Waals surface area contributed by atoms with Crippen LogP contribution in [0, 0.1) is 24.3 Å². The zero-order valence-corrected chi connectivity index (χ0v) is 33.9. The summed E-state index contributed by atoms with van der Waals surface area (Å²) in [6.07, 6.45) is 7.02. The summed E-state index contributed by atoms with van der Waals surface area (Å²) in [7, 11) is 0. The van der Waals surface area contributed by atoms with E-state index in [0.29, 0.717) is 28.9 Å². The van der Waals surface area contributed by atoms with Gasteiger partial charge in [-0.25, -0.2) is 9.97 Å². The Morgan fingerprint density at radius 1 is 0.491 bits per heavy atom. The number of nitrogens with zero attached hydrogens (tertiary/aromatic N) is 5. The Hall–Kier alpha value is -4.96. The molecule has 0 bridgehead atoms. The number of hydrogen-bond acceptors (Lipinski definition) is 6. The first kappa shape index (κ1) is 37.8. The molecule has 7 nitrogen and oxygen atoms in total. The maximum atomic E-state index is 6.52. The van der Waals surface area contributed by atoms with Crippen molar-refractivity contribution >= 4 is 21.8 Å². The second kappa shape index (κ2) is 16.4. The van der Waals surface area contributed by atoms with Crippen LogP contribution in [0.4, 0.5) is 0 Å². The third-order valence-corrected chi connectivity index (χ3v) is 8.66. The van der Waals surface area contributed by atoms with Crippen molar-refractivity contribution in [3.05, 3.63) is 151 Å². The molecule has 0 atom stereocenters. The average Bonchev–Trinajstić information content (AvgIpc) is 3.49. The van der Waals surface area contributed by atoms with Gasteiger partial charge in [-0.3, -0.25) is 0 Å². The Morgan fingerprint density at radius 3 is 1.36 bits per heavy atom. The molecule has 4 aromatic heterocycles. The molecule has 0 radical (unpaired) electrons. The first-order valence-electron chi connectivity index (χ1n) is 16.9. The summed E-state index contributed by atoms with van der Waals surface area (Å²) in [5, 5.41) is 2.11. The van der Waals surface area contributed by atoms with Crippen LogP contribution in [0.2, 0.25) is 0 Å². The summed E-state index contributed by atoms with van der Waals surface area (Å²) in [5.41, 5.74) is 7.13. The van der Waals surface area contributed by atoms with E-state index in [2.05, 4.69) is 74.1 Å². The van der Waals surface area contributed by atoms with E-state index in [1.54, 1.807) is 24.8 Å². The quantitative estimate of drug-likeness (QED) is 0.134. The molecule has 4 aromatic carbocycles. The van der Waals surface area contributed by atoms with Gasteiger partial charge in [-0.2, -0.15) is 21.9 Å². The molecule has 0 N–H and O–H groups in total. The van der Waals surface area contributed by atoms with Crippen LogP contribution in [0.15, 0.2) is 116 Å². The van der Waals surface area contributed by atoms with Gasteiger partial charge in [-0.05, 0) is 41.4 Å². The SMILES string of the molecule is CC(C)c1cc(Oc2[c-]c(-c3ccccn3)ccc2)[c-]c2c1c1c(C(C)C)cc(Oc3[c-]c(-c4ccccn4)ccc3)[c-]c1n2-c1ncccn1.[Pt+2].[Pt+2]. The summed E-state index contributed by atoms with van der Waals surface area (Å²) in [5.74, 6) is 3.06. The first-order chi connectivity index (χ1) is 24.9. The van der Waals surface area contributed by atoms with Crippen molar-refractivity contribution in [1.82, 2.24) is 24.5 Å². The molecule has 0 aliphatic carbocycles. The molecule has 0 aliphatic heterocycles. The molecule has 0 amide bonds. The molecule has 8 rings (SSSR count). The smallest absolute Gasteiger partial charge is 0.503 e. The molecule has 9 heteroatoms. The van der Waals surface area contributed by atoms with Crippen LogP contribution in [0.25, 0.3) is 50.3 Å². The zero-order valence-electron chi connectivity index (χ0n) is 29.3. The van der Waals surface area contributed by atoms with Crippen LogP contribution in [0.3, 0.4) is 0 Å². The number of ether oxygens (including phenoxy) is 2. The van der Waals surface area contributed by atoms with Gasteiger partial charge in [0.05, 0.1) is 0 Å². The third kappa shape index (κ3) is 7.74. The van der Waals surface area contributed by atoms with Gasteiger partial charge < -0.3 is 24.0 Å². The van der Waals surface area contributed by atoms with Gasteiger partial charge in [0.15, 0.2) is 0 Å². The van der Waals surface area contributed by atoms with Crippen molar-refractivity contribution in [1.29, 1.82) is 0 Å². The van der Waals surface area contributed by atoms with E-state index in [1.165, 1.54) is 0 Å². The minimum atomic E-state index is 0. The molecule has 0 aliphatic rings. The van der Waals surface area contributed by atoms with E-state index >= 15 is 0 Å². The van der Waals surface area contributed by atoms with Crippen molar-refractivity contribution in [2.45, 2.75) is 39.5 Å². The van der Waals surface area contributed by atoms with Crippen LogP contribution >= 0.6 is 0 Å².